The Morgan fingerprint density at radius 3 is 2.70 bits per heavy atom. The lowest BCUT2D eigenvalue weighted by Gasteiger charge is -2.18. The Balaban J connectivity index is 2.37. The maximum absolute atomic E-state index is 12.5. The van der Waals surface area contributed by atoms with E-state index >= 15 is 0 Å². The average molecular weight is 315 g/mol. The number of furan rings is 1. The van der Waals surface area contributed by atoms with E-state index in [0.29, 0.717) is 5.69 Å². The predicted octanol–water partition coefficient (Wildman–Crippen LogP) is 2.64. The van der Waals surface area contributed by atoms with Gasteiger partial charge in [0.15, 0.2) is 0 Å². The molecule has 0 fully saturated rings. The van der Waals surface area contributed by atoms with E-state index in [4.69, 9.17) is 21.8 Å². The molecule has 20 heavy (non-hydrogen) atoms. The van der Waals surface area contributed by atoms with Gasteiger partial charge in [-0.2, -0.15) is 4.31 Å². The Morgan fingerprint density at radius 1 is 1.40 bits per heavy atom. The van der Waals surface area contributed by atoms with Crippen LogP contribution in [-0.2, 0) is 16.6 Å². The van der Waals surface area contributed by atoms with E-state index < -0.39 is 10.0 Å². The van der Waals surface area contributed by atoms with Crippen molar-refractivity contribution < 1.29 is 12.8 Å². The molecule has 0 radical (unpaired) electrons. The SMILES string of the molecule is Cc1cc(Cl)c(S(=O)(=O)N(C)Cc2ccoc2)cc1N. The van der Waals surface area contributed by atoms with Crippen LogP contribution in [0, 0.1) is 6.92 Å². The molecule has 0 bridgehead atoms. The third-order valence-corrected chi connectivity index (χ3v) is 5.26. The van der Waals surface area contributed by atoms with Crippen molar-refractivity contribution in [2.75, 3.05) is 12.8 Å². The smallest absolute Gasteiger partial charge is 0.244 e. The minimum Gasteiger partial charge on any atom is -0.472 e. The molecular formula is C13H15ClN2O3S. The number of benzene rings is 1. The molecule has 5 nitrogen and oxygen atoms in total. The van der Waals surface area contributed by atoms with Crippen LogP contribution < -0.4 is 5.73 Å². The summed E-state index contributed by atoms with van der Waals surface area (Å²) in [5.41, 5.74) is 7.66. The van der Waals surface area contributed by atoms with Crippen LogP contribution in [0.15, 0.2) is 40.0 Å². The highest BCUT2D eigenvalue weighted by atomic mass is 35.5. The summed E-state index contributed by atoms with van der Waals surface area (Å²) in [7, 11) is -2.22. The molecule has 0 amide bonds. The first-order chi connectivity index (χ1) is 9.32. The number of nitrogen functional groups attached to an aromatic ring is 1. The van der Waals surface area contributed by atoms with Gasteiger partial charge in [0, 0.05) is 24.8 Å². The van der Waals surface area contributed by atoms with Gasteiger partial charge in [-0.05, 0) is 30.7 Å². The molecule has 0 atom stereocenters. The summed E-state index contributed by atoms with van der Waals surface area (Å²) < 4.78 is 31.1. The standard InChI is InChI=1S/C13H15ClN2O3S/c1-9-5-11(14)13(6-12(9)15)20(17,18)16(2)7-10-3-4-19-8-10/h3-6,8H,7,15H2,1-2H3. The number of aryl methyl sites for hydroxylation is 1. The van der Waals surface area contributed by atoms with E-state index in [1.54, 1.807) is 19.1 Å². The molecule has 0 aliphatic heterocycles. The Kier molecular flexibility index (Phi) is 4.08. The number of hydrogen-bond donors (Lipinski definition) is 1. The maximum Gasteiger partial charge on any atom is 0.244 e. The highest BCUT2D eigenvalue weighted by Crippen LogP contribution is 2.29. The van der Waals surface area contributed by atoms with Crippen molar-refractivity contribution in [1.29, 1.82) is 0 Å². The number of hydrogen-bond acceptors (Lipinski definition) is 4. The van der Waals surface area contributed by atoms with E-state index in [-0.39, 0.29) is 16.5 Å². The molecular weight excluding hydrogens is 300 g/mol. The number of rotatable bonds is 4. The molecule has 108 valence electrons. The highest BCUT2D eigenvalue weighted by Gasteiger charge is 2.24. The summed E-state index contributed by atoms with van der Waals surface area (Å²) in [6.45, 7) is 1.97. The van der Waals surface area contributed by atoms with E-state index in [1.807, 2.05) is 0 Å². The monoisotopic (exact) mass is 314 g/mol. The number of anilines is 1. The minimum atomic E-state index is -3.71. The lowest BCUT2D eigenvalue weighted by molar-refractivity contribution is 0.463. The van der Waals surface area contributed by atoms with Gasteiger partial charge in [-0.25, -0.2) is 8.42 Å². The van der Waals surface area contributed by atoms with Crippen LogP contribution in [0.3, 0.4) is 0 Å². The Labute approximate surface area is 123 Å². The van der Waals surface area contributed by atoms with Gasteiger partial charge in [0.2, 0.25) is 10.0 Å². The first kappa shape index (κ1) is 14.9. The fraction of sp³-hybridized carbons (Fsp3) is 0.231. The van der Waals surface area contributed by atoms with Gasteiger partial charge in [-0.3, -0.25) is 0 Å². The third kappa shape index (κ3) is 2.82. The summed E-state index contributed by atoms with van der Waals surface area (Å²) in [6, 6.07) is 4.64. The van der Waals surface area contributed by atoms with Gasteiger partial charge in [-0.15, -0.1) is 0 Å². The van der Waals surface area contributed by atoms with Crippen molar-refractivity contribution in [2.45, 2.75) is 18.4 Å². The van der Waals surface area contributed by atoms with E-state index in [2.05, 4.69) is 0 Å². The van der Waals surface area contributed by atoms with Crippen LogP contribution in [-0.4, -0.2) is 19.8 Å². The molecule has 0 spiro atoms. The highest BCUT2D eigenvalue weighted by molar-refractivity contribution is 7.89. The van der Waals surface area contributed by atoms with E-state index in [1.165, 1.54) is 29.9 Å². The van der Waals surface area contributed by atoms with Gasteiger partial charge >= 0.3 is 0 Å². The Bertz CT molecular complexity index is 711. The molecule has 1 aromatic carbocycles. The van der Waals surface area contributed by atoms with Crippen molar-refractivity contribution in [3.63, 3.8) is 0 Å². The Hall–Kier alpha value is -1.50. The van der Waals surface area contributed by atoms with Crippen LogP contribution in [0.1, 0.15) is 11.1 Å². The average Bonchev–Trinajstić information content (AvgIpc) is 2.86. The van der Waals surface area contributed by atoms with E-state index in [0.717, 1.165) is 11.1 Å². The summed E-state index contributed by atoms with van der Waals surface area (Å²) >= 11 is 6.03. The molecule has 2 aromatic rings. The topological polar surface area (TPSA) is 76.5 Å². The van der Waals surface area contributed by atoms with Crippen molar-refractivity contribution in [1.82, 2.24) is 4.31 Å². The van der Waals surface area contributed by atoms with Crippen molar-refractivity contribution >= 4 is 27.3 Å². The zero-order valence-corrected chi connectivity index (χ0v) is 12.7. The largest absolute Gasteiger partial charge is 0.472 e. The Morgan fingerprint density at radius 2 is 2.10 bits per heavy atom. The molecule has 1 aromatic heterocycles. The lowest BCUT2D eigenvalue weighted by Crippen LogP contribution is -2.26. The summed E-state index contributed by atoms with van der Waals surface area (Å²) in [4.78, 5) is 0.00765. The lowest BCUT2D eigenvalue weighted by atomic mass is 10.2. The second kappa shape index (κ2) is 5.47. The summed E-state index contributed by atoms with van der Waals surface area (Å²) in [6.07, 6.45) is 2.99. The first-order valence-electron chi connectivity index (χ1n) is 5.85. The minimum absolute atomic E-state index is 0.00765. The van der Waals surface area contributed by atoms with Crippen molar-refractivity contribution in [2.24, 2.45) is 0 Å². The molecule has 0 saturated carbocycles. The summed E-state index contributed by atoms with van der Waals surface area (Å²) in [5, 5.41) is 0.163. The third-order valence-electron chi connectivity index (χ3n) is 2.99. The number of nitrogens with two attached hydrogens (primary N) is 1. The molecule has 0 unspecified atom stereocenters. The number of sulfonamides is 1. The molecule has 1 heterocycles. The normalized spacial score (nSPS) is 12.0. The molecule has 0 aliphatic carbocycles. The van der Waals surface area contributed by atoms with Gasteiger partial charge in [-0.1, -0.05) is 11.6 Å². The first-order valence-corrected chi connectivity index (χ1v) is 7.67. The molecule has 2 N–H and O–H groups in total. The van der Waals surface area contributed by atoms with Gasteiger partial charge in [0.1, 0.15) is 4.90 Å². The fourth-order valence-electron chi connectivity index (χ4n) is 1.76. The summed E-state index contributed by atoms with van der Waals surface area (Å²) in [5.74, 6) is 0. The second-order valence-electron chi connectivity index (χ2n) is 4.53. The quantitative estimate of drug-likeness (QED) is 0.880. The zero-order chi connectivity index (χ0) is 14.9. The van der Waals surface area contributed by atoms with Gasteiger partial charge < -0.3 is 10.2 Å². The van der Waals surface area contributed by atoms with Crippen molar-refractivity contribution in [3.05, 3.63) is 46.9 Å². The maximum atomic E-state index is 12.5. The van der Waals surface area contributed by atoms with Crippen LogP contribution >= 0.6 is 11.6 Å². The second-order valence-corrected chi connectivity index (χ2v) is 6.95. The van der Waals surface area contributed by atoms with Crippen LogP contribution in [0.4, 0.5) is 5.69 Å². The molecule has 0 saturated heterocycles. The van der Waals surface area contributed by atoms with Gasteiger partial charge in [0.25, 0.3) is 0 Å². The van der Waals surface area contributed by atoms with Crippen molar-refractivity contribution in [3.8, 4) is 0 Å². The van der Waals surface area contributed by atoms with Crippen LogP contribution in [0.25, 0.3) is 0 Å². The number of nitrogens with zero attached hydrogens (tertiary/aromatic N) is 1. The zero-order valence-electron chi connectivity index (χ0n) is 11.1. The van der Waals surface area contributed by atoms with Crippen LogP contribution in [0.2, 0.25) is 5.02 Å². The number of halogens is 1. The predicted molar refractivity (Wildman–Crippen MR) is 78.0 cm³/mol. The molecule has 7 heteroatoms. The van der Waals surface area contributed by atoms with Gasteiger partial charge in [0.05, 0.1) is 17.5 Å². The fourth-order valence-corrected chi connectivity index (χ4v) is 3.51. The molecule has 0 aliphatic rings. The van der Waals surface area contributed by atoms with Crippen LogP contribution in [0.5, 0.6) is 0 Å². The molecule has 2 rings (SSSR count). The van der Waals surface area contributed by atoms with E-state index in [9.17, 15) is 8.42 Å².